The van der Waals surface area contributed by atoms with Crippen LogP contribution in [0.15, 0.2) is 18.2 Å². The van der Waals surface area contributed by atoms with Crippen molar-refractivity contribution >= 4 is 11.6 Å². The molecule has 3 heteroatoms. The molecule has 0 aliphatic heterocycles. The number of hydrogen-bond acceptors (Lipinski definition) is 2. The molecular weight excluding hydrogens is 232 g/mol. The zero-order chi connectivity index (χ0) is 12.8. The summed E-state index contributed by atoms with van der Waals surface area (Å²) in [7, 11) is 0. The molecule has 0 heterocycles. The van der Waals surface area contributed by atoms with E-state index in [1.165, 1.54) is 5.56 Å². The van der Waals surface area contributed by atoms with Gasteiger partial charge in [0.2, 0.25) is 0 Å². The number of rotatable bonds is 6. The molecule has 1 atom stereocenters. The van der Waals surface area contributed by atoms with Crippen molar-refractivity contribution in [2.75, 3.05) is 6.54 Å². The molecule has 17 heavy (non-hydrogen) atoms. The zero-order valence-electron chi connectivity index (χ0n) is 11.2. The van der Waals surface area contributed by atoms with Gasteiger partial charge in [0.15, 0.2) is 0 Å². The van der Waals surface area contributed by atoms with Crippen molar-refractivity contribution in [2.45, 2.75) is 46.3 Å². The molecule has 0 bridgehead atoms. The Morgan fingerprint density at radius 3 is 2.47 bits per heavy atom. The topological polar surface area (TPSA) is 24.1 Å². The molecule has 1 unspecified atom stereocenters. The molecule has 0 aliphatic rings. The Labute approximate surface area is 110 Å². The fourth-order valence-electron chi connectivity index (χ4n) is 1.59. The number of benzene rings is 1. The van der Waals surface area contributed by atoms with Gasteiger partial charge in [-0.25, -0.2) is 0 Å². The molecule has 0 fully saturated rings. The number of nitrogens with one attached hydrogen (secondary N) is 2. The van der Waals surface area contributed by atoms with Gasteiger partial charge in [0.05, 0.1) is 0 Å². The highest BCUT2D eigenvalue weighted by Crippen LogP contribution is 2.16. The van der Waals surface area contributed by atoms with Crippen LogP contribution in [-0.2, 0) is 6.54 Å². The third-order valence-electron chi connectivity index (χ3n) is 2.71. The van der Waals surface area contributed by atoms with Gasteiger partial charge in [-0.2, -0.15) is 0 Å². The minimum atomic E-state index is 0.466. The van der Waals surface area contributed by atoms with E-state index in [-0.39, 0.29) is 0 Å². The summed E-state index contributed by atoms with van der Waals surface area (Å²) in [5.74, 6) is 0. The molecule has 2 N–H and O–H groups in total. The second-order valence-corrected chi connectivity index (χ2v) is 5.34. The van der Waals surface area contributed by atoms with E-state index >= 15 is 0 Å². The van der Waals surface area contributed by atoms with E-state index < -0.39 is 0 Å². The van der Waals surface area contributed by atoms with Crippen LogP contribution in [0.25, 0.3) is 0 Å². The highest BCUT2D eigenvalue weighted by Gasteiger charge is 2.03. The van der Waals surface area contributed by atoms with E-state index in [0.29, 0.717) is 12.1 Å². The van der Waals surface area contributed by atoms with E-state index in [9.17, 15) is 0 Å². The van der Waals surface area contributed by atoms with Crippen molar-refractivity contribution in [3.05, 3.63) is 34.3 Å². The maximum absolute atomic E-state index is 6.00. The predicted octanol–water partition coefficient (Wildman–Crippen LogP) is 3.12. The Morgan fingerprint density at radius 2 is 1.88 bits per heavy atom. The summed E-state index contributed by atoms with van der Waals surface area (Å²) in [5.41, 5.74) is 2.42. The van der Waals surface area contributed by atoms with E-state index in [4.69, 9.17) is 11.6 Å². The Hall–Kier alpha value is -0.570. The normalized spacial score (nSPS) is 13.1. The van der Waals surface area contributed by atoms with Gasteiger partial charge in [0.1, 0.15) is 0 Å². The first-order valence-electron chi connectivity index (χ1n) is 6.21. The first-order chi connectivity index (χ1) is 7.99. The summed E-state index contributed by atoms with van der Waals surface area (Å²) in [6, 6.07) is 7.18. The van der Waals surface area contributed by atoms with Crippen LogP contribution in [0.2, 0.25) is 5.02 Å². The van der Waals surface area contributed by atoms with E-state index in [0.717, 1.165) is 23.7 Å². The largest absolute Gasteiger partial charge is 0.313 e. The standard InChI is InChI=1S/C14H23ClN2/c1-10(2)16-8-12(4)17-9-13-5-6-14(15)11(3)7-13/h5-7,10,12,16-17H,8-9H2,1-4H3. The lowest BCUT2D eigenvalue weighted by Crippen LogP contribution is -2.38. The summed E-state index contributed by atoms with van der Waals surface area (Å²) < 4.78 is 0. The minimum Gasteiger partial charge on any atom is -0.313 e. The summed E-state index contributed by atoms with van der Waals surface area (Å²) in [4.78, 5) is 0. The fraction of sp³-hybridized carbons (Fsp3) is 0.571. The van der Waals surface area contributed by atoms with Gasteiger partial charge in [0.25, 0.3) is 0 Å². The number of hydrogen-bond donors (Lipinski definition) is 2. The van der Waals surface area contributed by atoms with Crippen LogP contribution in [0.5, 0.6) is 0 Å². The van der Waals surface area contributed by atoms with Crippen LogP contribution in [0.1, 0.15) is 31.9 Å². The molecule has 1 rings (SSSR count). The van der Waals surface area contributed by atoms with Gasteiger partial charge < -0.3 is 10.6 Å². The highest BCUT2D eigenvalue weighted by molar-refractivity contribution is 6.31. The lowest BCUT2D eigenvalue weighted by Gasteiger charge is -2.16. The summed E-state index contributed by atoms with van der Waals surface area (Å²) in [5, 5.41) is 7.75. The molecule has 96 valence electrons. The van der Waals surface area contributed by atoms with Crippen molar-refractivity contribution in [2.24, 2.45) is 0 Å². The Bertz CT molecular complexity index is 350. The van der Waals surface area contributed by atoms with E-state index in [1.54, 1.807) is 0 Å². The Kier molecular flexibility index (Phi) is 5.96. The van der Waals surface area contributed by atoms with Gasteiger partial charge in [-0.1, -0.05) is 37.6 Å². The van der Waals surface area contributed by atoms with Gasteiger partial charge in [0, 0.05) is 30.2 Å². The number of halogens is 1. The monoisotopic (exact) mass is 254 g/mol. The SMILES string of the molecule is Cc1cc(CNC(C)CNC(C)C)ccc1Cl. The lowest BCUT2D eigenvalue weighted by atomic mass is 10.1. The summed E-state index contributed by atoms with van der Waals surface area (Å²) in [6.45, 7) is 10.4. The molecule has 0 spiro atoms. The molecule has 0 radical (unpaired) electrons. The summed E-state index contributed by atoms with van der Waals surface area (Å²) in [6.07, 6.45) is 0. The molecule has 0 aliphatic carbocycles. The van der Waals surface area contributed by atoms with Crippen LogP contribution in [0, 0.1) is 6.92 Å². The van der Waals surface area contributed by atoms with Crippen molar-refractivity contribution in [1.29, 1.82) is 0 Å². The van der Waals surface area contributed by atoms with Crippen LogP contribution < -0.4 is 10.6 Å². The van der Waals surface area contributed by atoms with E-state index in [1.807, 2.05) is 13.0 Å². The first kappa shape index (κ1) is 14.5. The van der Waals surface area contributed by atoms with Crippen LogP contribution in [-0.4, -0.2) is 18.6 Å². The first-order valence-corrected chi connectivity index (χ1v) is 6.58. The van der Waals surface area contributed by atoms with Gasteiger partial charge in [-0.3, -0.25) is 0 Å². The van der Waals surface area contributed by atoms with Crippen molar-refractivity contribution in [3.8, 4) is 0 Å². The van der Waals surface area contributed by atoms with Crippen LogP contribution >= 0.6 is 11.6 Å². The average molecular weight is 255 g/mol. The van der Waals surface area contributed by atoms with Gasteiger partial charge in [-0.05, 0) is 31.0 Å². The second-order valence-electron chi connectivity index (χ2n) is 4.93. The van der Waals surface area contributed by atoms with Gasteiger partial charge in [-0.15, -0.1) is 0 Å². The maximum Gasteiger partial charge on any atom is 0.0435 e. The third-order valence-corrected chi connectivity index (χ3v) is 3.13. The zero-order valence-corrected chi connectivity index (χ0v) is 11.9. The van der Waals surface area contributed by atoms with Gasteiger partial charge >= 0.3 is 0 Å². The van der Waals surface area contributed by atoms with Crippen molar-refractivity contribution in [1.82, 2.24) is 10.6 Å². The molecule has 2 nitrogen and oxygen atoms in total. The lowest BCUT2D eigenvalue weighted by molar-refractivity contribution is 0.474. The van der Waals surface area contributed by atoms with E-state index in [2.05, 4.69) is 43.5 Å². The quantitative estimate of drug-likeness (QED) is 0.815. The molecule has 0 aromatic heterocycles. The Balaban J connectivity index is 2.36. The predicted molar refractivity (Wildman–Crippen MR) is 75.6 cm³/mol. The molecular formula is C14H23ClN2. The second kappa shape index (κ2) is 7.00. The average Bonchev–Trinajstić information content (AvgIpc) is 2.28. The maximum atomic E-state index is 6.00. The molecule has 0 saturated heterocycles. The molecule has 0 amide bonds. The summed E-state index contributed by atoms with van der Waals surface area (Å²) >= 11 is 6.00. The van der Waals surface area contributed by atoms with Crippen LogP contribution in [0.4, 0.5) is 0 Å². The van der Waals surface area contributed by atoms with Crippen molar-refractivity contribution < 1.29 is 0 Å². The number of aryl methyl sites for hydroxylation is 1. The van der Waals surface area contributed by atoms with Crippen LogP contribution in [0.3, 0.4) is 0 Å². The molecule has 1 aromatic carbocycles. The fourth-order valence-corrected chi connectivity index (χ4v) is 1.71. The molecule has 1 aromatic rings. The Morgan fingerprint density at radius 1 is 1.18 bits per heavy atom. The van der Waals surface area contributed by atoms with Crippen molar-refractivity contribution in [3.63, 3.8) is 0 Å². The smallest absolute Gasteiger partial charge is 0.0435 e. The third kappa shape index (κ3) is 5.53. The minimum absolute atomic E-state index is 0.466. The highest BCUT2D eigenvalue weighted by atomic mass is 35.5. The molecule has 0 saturated carbocycles.